The van der Waals surface area contributed by atoms with Crippen molar-refractivity contribution < 1.29 is 18.9 Å². The molecular formula is C12H13ClO4. The van der Waals surface area contributed by atoms with Crippen LogP contribution in [0.4, 0.5) is 0 Å². The maximum atomic E-state index is 6.09. The van der Waals surface area contributed by atoms with Gasteiger partial charge >= 0.3 is 0 Å². The van der Waals surface area contributed by atoms with Crippen LogP contribution in [0.1, 0.15) is 0 Å². The molecule has 0 saturated carbocycles. The van der Waals surface area contributed by atoms with Crippen molar-refractivity contribution in [1.82, 2.24) is 0 Å². The quantitative estimate of drug-likeness (QED) is 0.729. The summed E-state index contributed by atoms with van der Waals surface area (Å²) in [5.41, 5.74) is 0. The minimum atomic E-state index is 0.200. The summed E-state index contributed by atoms with van der Waals surface area (Å²) in [6.07, 6.45) is 0.416. The van der Waals surface area contributed by atoms with Crippen LogP contribution in [0, 0.1) is 0 Å². The number of benzene rings is 1. The number of hydrogen-bond acceptors (Lipinski definition) is 4. The first-order valence-electron chi connectivity index (χ1n) is 5.60. The highest BCUT2D eigenvalue weighted by molar-refractivity contribution is 6.32. The van der Waals surface area contributed by atoms with E-state index in [1.165, 1.54) is 0 Å². The zero-order valence-corrected chi connectivity index (χ0v) is 9.98. The second-order valence-electron chi connectivity index (χ2n) is 4.10. The van der Waals surface area contributed by atoms with Gasteiger partial charge in [0, 0.05) is 0 Å². The topological polar surface area (TPSA) is 43.5 Å². The van der Waals surface area contributed by atoms with E-state index in [-0.39, 0.29) is 12.2 Å². The lowest BCUT2D eigenvalue weighted by atomic mass is 10.3. The van der Waals surface area contributed by atoms with Gasteiger partial charge in [0.2, 0.25) is 0 Å². The molecule has 0 aromatic heterocycles. The zero-order valence-electron chi connectivity index (χ0n) is 9.23. The minimum Gasteiger partial charge on any atom is -0.487 e. The molecule has 3 rings (SSSR count). The predicted molar refractivity (Wildman–Crippen MR) is 61.9 cm³/mol. The summed E-state index contributed by atoms with van der Waals surface area (Å²) in [7, 11) is 0. The van der Waals surface area contributed by atoms with Gasteiger partial charge in [-0.05, 0) is 12.1 Å². The van der Waals surface area contributed by atoms with Crippen molar-refractivity contribution in [3.8, 4) is 11.5 Å². The molecule has 0 radical (unpaired) electrons. The summed E-state index contributed by atoms with van der Waals surface area (Å²) in [6.45, 7) is 2.58. The number of ether oxygens (including phenoxy) is 4. The minimum absolute atomic E-state index is 0.200. The molecule has 0 bridgehead atoms. The van der Waals surface area contributed by atoms with Crippen molar-refractivity contribution in [2.45, 2.75) is 12.2 Å². The smallest absolute Gasteiger partial charge is 0.179 e. The molecule has 5 heteroatoms. The lowest BCUT2D eigenvalue weighted by molar-refractivity contribution is 0.228. The molecule has 17 heavy (non-hydrogen) atoms. The Hall–Kier alpha value is -0.970. The molecule has 2 fully saturated rings. The first-order chi connectivity index (χ1) is 8.33. The lowest BCUT2D eigenvalue weighted by Gasteiger charge is -2.12. The number of halogens is 1. The normalized spacial score (nSPS) is 25.5. The van der Waals surface area contributed by atoms with Crippen molar-refractivity contribution in [2.24, 2.45) is 0 Å². The highest BCUT2D eigenvalue weighted by Crippen LogP contribution is 2.35. The maximum Gasteiger partial charge on any atom is 0.179 e. The molecule has 0 N–H and O–H groups in total. The van der Waals surface area contributed by atoms with Crippen LogP contribution in [-0.4, -0.2) is 38.6 Å². The van der Waals surface area contributed by atoms with Crippen LogP contribution in [-0.2, 0) is 9.47 Å². The van der Waals surface area contributed by atoms with Gasteiger partial charge in [0.25, 0.3) is 0 Å². The third-order valence-electron chi connectivity index (χ3n) is 2.57. The SMILES string of the molecule is Clc1cccc(OCC2CO2)c1OCC1CO1. The number of para-hydroxylation sites is 1. The summed E-state index contributed by atoms with van der Waals surface area (Å²) in [4.78, 5) is 0. The zero-order chi connectivity index (χ0) is 11.7. The van der Waals surface area contributed by atoms with E-state index in [0.717, 1.165) is 13.2 Å². The van der Waals surface area contributed by atoms with Gasteiger partial charge < -0.3 is 18.9 Å². The van der Waals surface area contributed by atoms with E-state index in [4.69, 9.17) is 30.5 Å². The summed E-state index contributed by atoms with van der Waals surface area (Å²) >= 11 is 6.09. The summed E-state index contributed by atoms with van der Waals surface area (Å²) in [6, 6.07) is 5.47. The molecule has 2 atom stereocenters. The first kappa shape index (κ1) is 11.1. The molecule has 0 amide bonds. The molecule has 2 unspecified atom stereocenters. The van der Waals surface area contributed by atoms with E-state index < -0.39 is 0 Å². The fraction of sp³-hybridized carbons (Fsp3) is 0.500. The molecule has 0 aliphatic carbocycles. The highest BCUT2D eigenvalue weighted by atomic mass is 35.5. The van der Waals surface area contributed by atoms with Gasteiger partial charge in [-0.3, -0.25) is 0 Å². The Morgan fingerprint density at radius 2 is 1.76 bits per heavy atom. The Morgan fingerprint density at radius 3 is 2.41 bits per heavy atom. The van der Waals surface area contributed by atoms with Crippen LogP contribution in [0.2, 0.25) is 5.02 Å². The molecule has 2 saturated heterocycles. The molecule has 0 spiro atoms. The highest BCUT2D eigenvalue weighted by Gasteiger charge is 2.26. The van der Waals surface area contributed by atoms with Crippen LogP contribution in [0.5, 0.6) is 11.5 Å². The van der Waals surface area contributed by atoms with E-state index in [0.29, 0.717) is 29.7 Å². The fourth-order valence-electron chi connectivity index (χ4n) is 1.43. The number of epoxide rings is 2. The van der Waals surface area contributed by atoms with Crippen molar-refractivity contribution in [2.75, 3.05) is 26.4 Å². The average Bonchev–Trinajstić information content (AvgIpc) is 3.18. The molecule has 1 aromatic carbocycles. The second-order valence-corrected chi connectivity index (χ2v) is 4.51. The Labute approximate surface area is 104 Å². The van der Waals surface area contributed by atoms with Gasteiger partial charge in [0.15, 0.2) is 11.5 Å². The van der Waals surface area contributed by atoms with Gasteiger partial charge in [0.1, 0.15) is 25.4 Å². The van der Waals surface area contributed by atoms with Crippen molar-refractivity contribution >= 4 is 11.6 Å². The van der Waals surface area contributed by atoms with Crippen LogP contribution < -0.4 is 9.47 Å². The molecule has 2 heterocycles. The second kappa shape index (κ2) is 4.72. The third kappa shape index (κ3) is 3.03. The molecule has 92 valence electrons. The molecule has 2 aliphatic rings. The monoisotopic (exact) mass is 256 g/mol. The molecule has 1 aromatic rings. The third-order valence-corrected chi connectivity index (χ3v) is 2.87. The van der Waals surface area contributed by atoms with Crippen LogP contribution in [0.3, 0.4) is 0 Å². The Balaban J connectivity index is 1.66. The maximum absolute atomic E-state index is 6.09. The number of rotatable bonds is 6. The largest absolute Gasteiger partial charge is 0.487 e. The fourth-order valence-corrected chi connectivity index (χ4v) is 1.65. The van der Waals surface area contributed by atoms with E-state index >= 15 is 0 Å². The van der Waals surface area contributed by atoms with E-state index in [1.54, 1.807) is 6.07 Å². The van der Waals surface area contributed by atoms with Gasteiger partial charge in [-0.1, -0.05) is 17.7 Å². The van der Waals surface area contributed by atoms with E-state index in [9.17, 15) is 0 Å². The molecular weight excluding hydrogens is 244 g/mol. The van der Waals surface area contributed by atoms with E-state index in [1.807, 2.05) is 12.1 Å². The first-order valence-corrected chi connectivity index (χ1v) is 5.98. The van der Waals surface area contributed by atoms with Crippen molar-refractivity contribution in [1.29, 1.82) is 0 Å². The standard InChI is InChI=1S/C12H13ClO4/c13-10-2-1-3-11(16-6-8-4-14-8)12(10)17-7-9-5-15-9/h1-3,8-9H,4-7H2. The van der Waals surface area contributed by atoms with Gasteiger partial charge in [0.05, 0.1) is 18.2 Å². The van der Waals surface area contributed by atoms with Crippen LogP contribution in [0.25, 0.3) is 0 Å². The molecule has 2 aliphatic heterocycles. The Morgan fingerprint density at radius 1 is 1.12 bits per heavy atom. The van der Waals surface area contributed by atoms with Crippen molar-refractivity contribution in [3.63, 3.8) is 0 Å². The lowest BCUT2D eigenvalue weighted by Crippen LogP contribution is -2.08. The summed E-state index contributed by atoms with van der Waals surface area (Å²) in [5.74, 6) is 1.25. The average molecular weight is 257 g/mol. The van der Waals surface area contributed by atoms with Crippen LogP contribution >= 0.6 is 11.6 Å². The van der Waals surface area contributed by atoms with Crippen molar-refractivity contribution in [3.05, 3.63) is 23.2 Å². The predicted octanol–water partition coefficient (Wildman–Crippen LogP) is 1.90. The molecule has 4 nitrogen and oxygen atoms in total. The summed E-state index contributed by atoms with van der Waals surface area (Å²) < 4.78 is 21.4. The summed E-state index contributed by atoms with van der Waals surface area (Å²) in [5, 5.41) is 0.555. The van der Waals surface area contributed by atoms with Gasteiger partial charge in [-0.25, -0.2) is 0 Å². The Bertz CT molecular complexity index is 401. The van der Waals surface area contributed by atoms with Crippen LogP contribution in [0.15, 0.2) is 18.2 Å². The van der Waals surface area contributed by atoms with Gasteiger partial charge in [-0.2, -0.15) is 0 Å². The Kier molecular flexibility index (Phi) is 3.09. The van der Waals surface area contributed by atoms with E-state index in [2.05, 4.69) is 0 Å². The number of hydrogen-bond donors (Lipinski definition) is 0. The van der Waals surface area contributed by atoms with Gasteiger partial charge in [-0.15, -0.1) is 0 Å².